The second kappa shape index (κ2) is 10.1. The summed E-state index contributed by atoms with van der Waals surface area (Å²) in [7, 11) is 0. The third-order valence-corrected chi connectivity index (χ3v) is 8.46. The van der Waals surface area contributed by atoms with E-state index in [2.05, 4.69) is 67.9 Å². The highest BCUT2D eigenvalue weighted by Crippen LogP contribution is 2.32. The molecule has 3 aromatic rings. The van der Waals surface area contributed by atoms with Gasteiger partial charge in [-0.3, -0.25) is 14.6 Å². The van der Waals surface area contributed by atoms with Crippen molar-refractivity contribution in [1.82, 2.24) is 14.7 Å². The highest BCUT2D eigenvalue weighted by atomic mass is 32.1. The molecule has 1 aliphatic carbocycles. The van der Waals surface area contributed by atoms with Crippen LogP contribution in [0.3, 0.4) is 0 Å². The zero-order valence-electron chi connectivity index (χ0n) is 20.1. The summed E-state index contributed by atoms with van der Waals surface area (Å²) in [6, 6.07) is 19.8. The molecule has 182 valence electrons. The fourth-order valence-corrected chi connectivity index (χ4v) is 6.57. The van der Waals surface area contributed by atoms with Crippen molar-refractivity contribution >= 4 is 17.2 Å². The molecule has 0 bridgehead atoms. The molecular formula is C29H33N3O2S. The van der Waals surface area contributed by atoms with Crippen molar-refractivity contribution in [3.8, 4) is 5.75 Å². The number of fused-ring (bicyclic) bond motifs is 2. The summed E-state index contributed by atoms with van der Waals surface area (Å²) < 4.78 is 6.41. The molecule has 3 heterocycles. The molecule has 0 radical (unpaired) electrons. The third kappa shape index (κ3) is 5.01. The van der Waals surface area contributed by atoms with Gasteiger partial charge in [0.2, 0.25) is 5.91 Å². The molecule has 1 atom stereocenters. The van der Waals surface area contributed by atoms with Gasteiger partial charge in [0.25, 0.3) is 0 Å². The molecule has 1 saturated heterocycles. The van der Waals surface area contributed by atoms with E-state index in [0.29, 0.717) is 12.6 Å². The molecule has 3 aliphatic rings. The van der Waals surface area contributed by atoms with Crippen molar-refractivity contribution < 1.29 is 9.53 Å². The van der Waals surface area contributed by atoms with Gasteiger partial charge in [-0.25, -0.2) is 0 Å². The van der Waals surface area contributed by atoms with E-state index in [1.54, 1.807) is 11.3 Å². The number of carbonyl (C=O) groups excluding carboxylic acids is 1. The van der Waals surface area contributed by atoms with Gasteiger partial charge in [0.15, 0.2) is 0 Å². The first-order chi connectivity index (χ1) is 17.2. The lowest BCUT2D eigenvalue weighted by Crippen LogP contribution is -2.43. The van der Waals surface area contributed by atoms with Crippen LogP contribution in [0.1, 0.15) is 34.8 Å². The monoisotopic (exact) mass is 487 g/mol. The van der Waals surface area contributed by atoms with E-state index in [9.17, 15) is 4.79 Å². The lowest BCUT2D eigenvalue weighted by atomic mass is 10.1. The summed E-state index contributed by atoms with van der Waals surface area (Å²) in [5.41, 5.74) is 5.34. The molecule has 0 spiro atoms. The number of thiophene rings is 1. The Kier molecular flexibility index (Phi) is 6.59. The Morgan fingerprint density at radius 3 is 2.46 bits per heavy atom. The lowest BCUT2D eigenvalue weighted by Gasteiger charge is -2.28. The van der Waals surface area contributed by atoms with Crippen molar-refractivity contribution in [1.29, 1.82) is 0 Å². The molecule has 0 saturated carbocycles. The van der Waals surface area contributed by atoms with Crippen molar-refractivity contribution in [3.05, 3.63) is 87.6 Å². The van der Waals surface area contributed by atoms with Gasteiger partial charge in [0.1, 0.15) is 11.9 Å². The minimum Gasteiger partial charge on any atom is -0.484 e. The molecule has 5 nitrogen and oxygen atoms in total. The van der Waals surface area contributed by atoms with Crippen LogP contribution in [0.25, 0.3) is 0 Å². The van der Waals surface area contributed by atoms with Gasteiger partial charge >= 0.3 is 0 Å². The number of hydrogen-bond donors (Lipinski definition) is 0. The summed E-state index contributed by atoms with van der Waals surface area (Å²) in [6.07, 6.45) is 3.27. The predicted octanol–water partition coefficient (Wildman–Crippen LogP) is 4.39. The normalized spacial score (nSPS) is 21.6. The Bertz CT molecular complexity index is 1140. The number of benzene rings is 2. The Morgan fingerprint density at radius 2 is 1.69 bits per heavy atom. The van der Waals surface area contributed by atoms with Crippen LogP contribution >= 0.6 is 11.3 Å². The number of para-hydroxylation sites is 1. The first kappa shape index (κ1) is 22.8. The Labute approximate surface area is 211 Å². The Morgan fingerprint density at radius 1 is 0.914 bits per heavy atom. The van der Waals surface area contributed by atoms with E-state index in [-0.39, 0.29) is 12.0 Å². The molecule has 0 N–H and O–H groups in total. The zero-order valence-corrected chi connectivity index (χ0v) is 21.0. The summed E-state index contributed by atoms with van der Waals surface area (Å²) >= 11 is 1.69. The van der Waals surface area contributed by atoms with Crippen LogP contribution in [-0.2, 0) is 24.2 Å². The number of amides is 1. The molecule has 35 heavy (non-hydrogen) atoms. The van der Waals surface area contributed by atoms with E-state index in [0.717, 1.165) is 69.8 Å². The van der Waals surface area contributed by atoms with Gasteiger partial charge < -0.3 is 9.64 Å². The van der Waals surface area contributed by atoms with E-state index in [1.807, 2.05) is 12.1 Å². The van der Waals surface area contributed by atoms with Crippen LogP contribution in [0.5, 0.6) is 5.75 Å². The smallest absolute Gasteiger partial charge is 0.236 e. The molecule has 1 fully saturated rings. The summed E-state index contributed by atoms with van der Waals surface area (Å²) in [5.74, 6) is 1.17. The van der Waals surface area contributed by atoms with Gasteiger partial charge in [-0.05, 0) is 53.3 Å². The molecular weight excluding hydrogens is 454 g/mol. The fourth-order valence-electron chi connectivity index (χ4n) is 5.87. The van der Waals surface area contributed by atoms with Gasteiger partial charge in [-0.1, -0.05) is 42.5 Å². The average Bonchev–Trinajstić information content (AvgIpc) is 3.45. The van der Waals surface area contributed by atoms with E-state index in [4.69, 9.17) is 4.74 Å². The second-order valence-corrected chi connectivity index (χ2v) is 10.8. The van der Waals surface area contributed by atoms with Crippen LogP contribution in [0.4, 0.5) is 0 Å². The molecule has 2 aromatic carbocycles. The number of hydrogen-bond acceptors (Lipinski definition) is 5. The molecule has 2 aliphatic heterocycles. The number of carbonyl (C=O) groups is 1. The van der Waals surface area contributed by atoms with Gasteiger partial charge in [-0.2, -0.15) is 11.3 Å². The SMILES string of the molecule is O=C(CN1Cc2ccccc2OC(c2ccsc2)C1)N1CCCN(C2Cc3ccccc3C2)CC1. The summed E-state index contributed by atoms with van der Waals surface area (Å²) in [4.78, 5) is 20.5. The highest BCUT2D eigenvalue weighted by molar-refractivity contribution is 7.07. The predicted molar refractivity (Wildman–Crippen MR) is 140 cm³/mol. The van der Waals surface area contributed by atoms with Crippen molar-refractivity contribution in [2.45, 2.75) is 38.0 Å². The van der Waals surface area contributed by atoms with Crippen molar-refractivity contribution in [2.75, 3.05) is 39.3 Å². The second-order valence-electron chi connectivity index (χ2n) is 10.0. The van der Waals surface area contributed by atoms with Gasteiger partial charge in [0.05, 0.1) is 6.54 Å². The Balaban J connectivity index is 1.10. The topological polar surface area (TPSA) is 36.0 Å². The zero-order chi connectivity index (χ0) is 23.6. The molecule has 6 heteroatoms. The maximum atomic E-state index is 13.5. The van der Waals surface area contributed by atoms with Crippen molar-refractivity contribution in [2.24, 2.45) is 0 Å². The lowest BCUT2D eigenvalue weighted by molar-refractivity contribution is -0.132. The van der Waals surface area contributed by atoms with E-state index in [1.165, 1.54) is 16.7 Å². The number of rotatable bonds is 4. The van der Waals surface area contributed by atoms with Crippen LogP contribution in [0.15, 0.2) is 65.4 Å². The van der Waals surface area contributed by atoms with Crippen LogP contribution in [0.2, 0.25) is 0 Å². The molecule has 1 amide bonds. The largest absolute Gasteiger partial charge is 0.484 e. The van der Waals surface area contributed by atoms with E-state index < -0.39 is 0 Å². The van der Waals surface area contributed by atoms with Gasteiger partial charge in [0, 0.05) is 56.4 Å². The summed E-state index contributed by atoms with van der Waals surface area (Å²) in [6.45, 7) is 5.61. The van der Waals surface area contributed by atoms with Crippen molar-refractivity contribution in [3.63, 3.8) is 0 Å². The molecule has 6 rings (SSSR count). The minimum atomic E-state index is -0.0543. The summed E-state index contributed by atoms with van der Waals surface area (Å²) in [5, 5.41) is 4.25. The van der Waals surface area contributed by atoms with Crippen LogP contribution < -0.4 is 4.74 Å². The molecule has 1 unspecified atom stereocenters. The standard InChI is InChI=1S/C29H33N3O2S/c33-29(32-12-5-11-31(13-14-32)26-16-22-6-1-2-7-23(22)17-26)20-30-18-24-8-3-4-9-27(24)34-28(19-30)25-10-15-35-21-25/h1-4,6-10,15,21,26,28H,5,11-14,16-20H2. The van der Waals surface area contributed by atoms with Crippen LogP contribution in [-0.4, -0.2) is 65.9 Å². The highest BCUT2D eigenvalue weighted by Gasteiger charge is 2.30. The van der Waals surface area contributed by atoms with Crippen LogP contribution in [0, 0.1) is 0 Å². The van der Waals surface area contributed by atoms with E-state index >= 15 is 0 Å². The number of nitrogens with zero attached hydrogens (tertiary/aromatic N) is 3. The first-order valence-corrected chi connectivity index (χ1v) is 13.7. The Hall–Kier alpha value is -2.67. The molecule has 1 aromatic heterocycles. The minimum absolute atomic E-state index is 0.0543. The third-order valence-electron chi connectivity index (χ3n) is 7.76. The quantitative estimate of drug-likeness (QED) is 0.547. The van der Waals surface area contributed by atoms with Gasteiger partial charge in [-0.15, -0.1) is 0 Å². The fraction of sp³-hybridized carbons (Fsp3) is 0.414. The maximum absolute atomic E-state index is 13.5. The first-order valence-electron chi connectivity index (χ1n) is 12.8. The maximum Gasteiger partial charge on any atom is 0.236 e. The average molecular weight is 488 g/mol. The number of ether oxygens (including phenoxy) is 1.